The molecule has 8 nitrogen and oxygen atoms in total. The van der Waals surface area contributed by atoms with Crippen molar-refractivity contribution < 1.29 is 13.0 Å². The van der Waals surface area contributed by atoms with Crippen molar-refractivity contribution in [1.29, 1.82) is 5.26 Å². The van der Waals surface area contributed by atoms with Crippen molar-refractivity contribution >= 4 is 22.8 Å². The SMILES string of the molecule is [2H]C([2H])([2H])N(C(=O)c1ccc(C2CCN([C@@H](C)c3cc4c(-c5cnc(N)cc5C#N)ccnc4n3C)CC2)cc1)C([2H])([2H])[2H]. The van der Waals surface area contributed by atoms with E-state index in [1.807, 2.05) is 13.1 Å². The highest BCUT2D eigenvalue weighted by atomic mass is 16.2. The van der Waals surface area contributed by atoms with Gasteiger partial charge in [0, 0.05) is 69.9 Å². The van der Waals surface area contributed by atoms with Crippen molar-refractivity contribution in [3.05, 3.63) is 77.2 Å². The Hall–Kier alpha value is -4.22. The Labute approximate surface area is 231 Å². The number of nitrogen functional groups attached to an aromatic ring is 1. The average molecular weight is 514 g/mol. The fourth-order valence-corrected chi connectivity index (χ4v) is 5.49. The first kappa shape index (κ1) is 18.9. The van der Waals surface area contributed by atoms with Crippen molar-refractivity contribution in [2.24, 2.45) is 7.05 Å². The number of rotatable bonds is 5. The van der Waals surface area contributed by atoms with E-state index in [0.717, 1.165) is 53.8 Å². The Morgan fingerprint density at radius 2 is 1.89 bits per heavy atom. The number of pyridine rings is 2. The number of likely N-dealkylation sites (tertiary alicyclic amines) is 1. The van der Waals surface area contributed by atoms with Crippen LogP contribution < -0.4 is 5.73 Å². The second-order valence-electron chi connectivity index (χ2n) is 9.74. The van der Waals surface area contributed by atoms with Crippen molar-refractivity contribution in [3.8, 4) is 17.2 Å². The summed E-state index contributed by atoms with van der Waals surface area (Å²) in [7, 11) is 1.99. The van der Waals surface area contributed by atoms with E-state index < -0.39 is 19.9 Å². The zero-order valence-electron chi connectivity index (χ0n) is 27.3. The summed E-state index contributed by atoms with van der Waals surface area (Å²) in [6.07, 6.45) is 5.12. The summed E-state index contributed by atoms with van der Waals surface area (Å²) in [6, 6.07) is 14.5. The minimum Gasteiger partial charge on any atom is -0.384 e. The maximum atomic E-state index is 12.8. The number of carbonyl (C=O) groups is 1. The summed E-state index contributed by atoms with van der Waals surface area (Å²) in [5, 5.41) is 10.6. The largest absolute Gasteiger partial charge is 0.384 e. The smallest absolute Gasteiger partial charge is 0.253 e. The number of nitrogens with two attached hydrogens (primary N) is 1. The minimum absolute atomic E-state index is 0.0184. The summed E-state index contributed by atoms with van der Waals surface area (Å²) in [5.74, 6) is -0.518. The summed E-state index contributed by atoms with van der Waals surface area (Å²) in [4.78, 5) is 24.0. The van der Waals surface area contributed by atoms with Crippen LogP contribution in [0.5, 0.6) is 0 Å². The summed E-state index contributed by atoms with van der Waals surface area (Å²) in [5.41, 5.74) is 10.8. The van der Waals surface area contributed by atoms with E-state index in [0.29, 0.717) is 16.9 Å². The van der Waals surface area contributed by atoms with Crippen LogP contribution in [0.4, 0.5) is 5.82 Å². The van der Waals surface area contributed by atoms with E-state index in [4.69, 9.17) is 14.0 Å². The first-order valence-electron chi connectivity index (χ1n) is 15.5. The standard InChI is InChI=1S/C30H33N7O/c1-19(37-13-10-21(11-14-37)20-5-7-22(8-6-20)30(38)35(2)3)27-16-25-24(9-12-33-29(25)36(27)4)26-18-34-28(32)15-23(26)17-31/h5-9,12,15-16,18-19,21H,10-11,13-14H2,1-4H3,(H2,32,34)/t19-/m0/s1/i2D3,3D3. The van der Waals surface area contributed by atoms with Gasteiger partial charge in [0.15, 0.2) is 0 Å². The number of amides is 1. The molecule has 5 rings (SSSR count). The van der Waals surface area contributed by atoms with Gasteiger partial charge in [0.2, 0.25) is 0 Å². The molecule has 0 aliphatic carbocycles. The number of hydrogen-bond acceptors (Lipinski definition) is 6. The minimum atomic E-state index is -3.08. The second kappa shape index (κ2) is 10.3. The summed E-state index contributed by atoms with van der Waals surface area (Å²) < 4.78 is 47.2. The second-order valence-corrected chi connectivity index (χ2v) is 9.74. The average Bonchev–Trinajstić information content (AvgIpc) is 3.32. The molecular weight excluding hydrogens is 474 g/mol. The van der Waals surface area contributed by atoms with Gasteiger partial charge in [-0.05, 0) is 80.2 Å². The Balaban J connectivity index is 1.31. The molecule has 1 fully saturated rings. The fraction of sp³-hybridized carbons (Fsp3) is 0.333. The van der Waals surface area contributed by atoms with Gasteiger partial charge in [-0.25, -0.2) is 9.97 Å². The lowest BCUT2D eigenvalue weighted by atomic mass is 9.88. The third-order valence-corrected chi connectivity index (χ3v) is 7.64. The van der Waals surface area contributed by atoms with Gasteiger partial charge in [0.25, 0.3) is 5.91 Å². The molecule has 1 atom stereocenters. The van der Waals surface area contributed by atoms with Crippen LogP contribution in [0.1, 0.15) is 67.1 Å². The number of anilines is 1. The van der Waals surface area contributed by atoms with Crippen LogP contribution in [0.3, 0.4) is 0 Å². The lowest BCUT2D eigenvalue weighted by molar-refractivity contribution is 0.0827. The van der Waals surface area contributed by atoms with Crippen LogP contribution in [0.25, 0.3) is 22.2 Å². The topological polar surface area (TPSA) is 104 Å². The number of aromatic nitrogens is 3. The van der Waals surface area contributed by atoms with Crippen LogP contribution in [-0.2, 0) is 7.05 Å². The monoisotopic (exact) mass is 513 g/mol. The van der Waals surface area contributed by atoms with Crippen molar-refractivity contribution in [2.75, 3.05) is 32.8 Å². The number of carbonyl (C=O) groups excluding carboxylic acids is 1. The maximum Gasteiger partial charge on any atom is 0.253 e. The van der Waals surface area contributed by atoms with Gasteiger partial charge in [0.1, 0.15) is 11.5 Å². The molecule has 4 heterocycles. The number of nitriles is 1. The molecule has 0 spiro atoms. The van der Waals surface area contributed by atoms with Crippen molar-refractivity contribution in [1.82, 2.24) is 24.3 Å². The van der Waals surface area contributed by atoms with E-state index in [1.54, 1.807) is 30.6 Å². The molecular formula is C30H33N7O. The number of fused-ring (bicyclic) bond motifs is 1. The van der Waals surface area contributed by atoms with Crippen molar-refractivity contribution in [3.63, 3.8) is 0 Å². The highest BCUT2D eigenvalue weighted by molar-refractivity contribution is 5.95. The maximum absolute atomic E-state index is 12.8. The summed E-state index contributed by atoms with van der Waals surface area (Å²) >= 11 is 0. The molecule has 0 unspecified atom stereocenters. The Bertz CT molecular complexity index is 1720. The Morgan fingerprint density at radius 3 is 2.58 bits per heavy atom. The lowest BCUT2D eigenvalue weighted by Gasteiger charge is -2.36. The molecule has 0 bridgehead atoms. The van der Waals surface area contributed by atoms with E-state index in [2.05, 4.69) is 38.5 Å². The van der Waals surface area contributed by atoms with Crippen LogP contribution in [0, 0.1) is 11.3 Å². The molecule has 1 amide bonds. The fourth-order valence-electron chi connectivity index (χ4n) is 5.49. The molecule has 2 N–H and O–H groups in total. The van der Waals surface area contributed by atoms with Crippen LogP contribution in [0.15, 0.2) is 54.9 Å². The van der Waals surface area contributed by atoms with Crippen LogP contribution in [-0.4, -0.2) is 57.3 Å². The highest BCUT2D eigenvalue weighted by Gasteiger charge is 2.27. The normalized spacial score (nSPS) is 18.3. The molecule has 38 heavy (non-hydrogen) atoms. The van der Waals surface area contributed by atoms with Gasteiger partial charge in [0.05, 0.1) is 11.6 Å². The zero-order chi connectivity index (χ0) is 32.0. The van der Waals surface area contributed by atoms with Gasteiger partial charge in [-0.3, -0.25) is 9.69 Å². The molecule has 3 aromatic heterocycles. The van der Waals surface area contributed by atoms with E-state index >= 15 is 0 Å². The number of nitrogens with zero attached hydrogens (tertiary/aromatic N) is 6. The van der Waals surface area contributed by atoms with E-state index in [9.17, 15) is 10.1 Å². The molecule has 194 valence electrons. The molecule has 8 heteroatoms. The van der Waals surface area contributed by atoms with E-state index in [1.165, 1.54) is 12.1 Å². The number of aryl methyl sites for hydroxylation is 1. The predicted molar refractivity (Wildman–Crippen MR) is 149 cm³/mol. The molecule has 1 saturated heterocycles. The molecule has 4 aromatic rings. The molecule has 1 aromatic carbocycles. The van der Waals surface area contributed by atoms with Crippen LogP contribution in [0.2, 0.25) is 0 Å². The molecule has 0 saturated carbocycles. The Kier molecular flexibility index (Phi) is 5.12. The molecule has 1 aliphatic rings. The number of piperidine rings is 1. The van der Waals surface area contributed by atoms with Gasteiger partial charge in [-0.2, -0.15) is 5.26 Å². The van der Waals surface area contributed by atoms with Crippen molar-refractivity contribution in [2.45, 2.75) is 31.7 Å². The number of benzene rings is 1. The lowest BCUT2D eigenvalue weighted by Crippen LogP contribution is -2.35. The molecule has 0 radical (unpaired) electrons. The quantitative estimate of drug-likeness (QED) is 0.414. The Morgan fingerprint density at radius 1 is 1.16 bits per heavy atom. The van der Waals surface area contributed by atoms with E-state index in [-0.39, 0.29) is 22.4 Å². The highest BCUT2D eigenvalue weighted by Crippen LogP contribution is 2.36. The molecule has 1 aliphatic heterocycles. The first-order chi connectivity index (χ1) is 20.7. The first-order valence-corrected chi connectivity index (χ1v) is 12.5. The predicted octanol–water partition coefficient (Wildman–Crippen LogP) is 4.73. The third kappa shape index (κ3) is 4.61. The van der Waals surface area contributed by atoms with Gasteiger partial charge in [-0.15, -0.1) is 0 Å². The van der Waals surface area contributed by atoms with Gasteiger partial charge >= 0.3 is 0 Å². The van der Waals surface area contributed by atoms with Gasteiger partial charge < -0.3 is 15.2 Å². The summed E-state index contributed by atoms with van der Waals surface area (Å²) in [6.45, 7) is -2.33. The van der Waals surface area contributed by atoms with Crippen LogP contribution >= 0.6 is 0 Å². The zero-order valence-corrected chi connectivity index (χ0v) is 21.3. The third-order valence-electron chi connectivity index (χ3n) is 7.64. The van der Waals surface area contributed by atoms with Gasteiger partial charge in [-0.1, -0.05) is 12.1 Å². The number of hydrogen-bond donors (Lipinski definition) is 1.